The molecule has 0 aliphatic heterocycles. The number of nitrogens with one attached hydrogen (secondary N) is 3. The van der Waals surface area contributed by atoms with Crippen LogP contribution in [0.25, 0.3) is 0 Å². The zero-order valence-corrected chi connectivity index (χ0v) is 16.5. The van der Waals surface area contributed by atoms with Crippen LogP contribution in [0.2, 0.25) is 0 Å². The van der Waals surface area contributed by atoms with Crippen LogP contribution in [0, 0.1) is 11.6 Å². The number of aliphatic imine (C=N–C) groups is 1. The highest BCUT2D eigenvalue weighted by Gasteiger charge is 2.06. The summed E-state index contributed by atoms with van der Waals surface area (Å²) in [6.45, 7) is 6.71. The third kappa shape index (κ3) is 8.99. The molecule has 0 radical (unpaired) electrons. The second-order valence-electron chi connectivity index (χ2n) is 5.33. The summed E-state index contributed by atoms with van der Waals surface area (Å²) in [6, 6.07) is 3.37. The molecule has 0 fully saturated rings. The lowest BCUT2D eigenvalue weighted by Gasteiger charge is -2.12. The molecule has 0 spiro atoms. The molecule has 1 aromatic carbocycles. The van der Waals surface area contributed by atoms with Gasteiger partial charge in [0.25, 0.3) is 0 Å². The summed E-state index contributed by atoms with van der Waals surface area (Å²) < 4.78 is 26.7. The maximum atomic E-state index is 13.6. The molecule has 0 atom stereocenters. The summed E-state index contributed by atoms with van der Waals surface area (Å²) >= 11 is 0. The van der Waals surface area contributed by atoms with Crippen molar-refractivity contribution >= 4 is 35.8 Å². The van der Waals surface area contributed by atoms with E-state index in [0.717, 1.165) is 18.2 Å². The van der Waals surface area contributed by atoms with E-state index in [9.17, 15) is 13.6 Å². The first-order valence-corrected chi connectivity index (χ1v) is 7.67. The number of amides is 1. The number of guanidine groups is 1. The molecule has 0 aliphatic carbocycles. The number of carbonyl (C=O) groups is 1. The smallest absolute Gasteiger partial charge is 0.221 e. The van der Waals surface area contributed by atoms with Gasteiger partial charge in [-0.2, -0.15) is 0 Å². The Bertz CT molecular complexity index is 553. The first kappa shape index (κ1) is 22.6. The van der Waals surface area contributed by atoms with Crippen LogP contribution in [-0.2, 0) is 11.3 Å². The molecule has 1 amide bonds. The van der Waals surface area contributed by atoms with Gasteiger partial charge in [0, 0.05) is 31.1 Å². The fourth-order valence-electron chi connectivity index (χ4n) is 1.86. The fraction of sp³-hybridized carbons (Fsp3) is 0.500. The molecule has 3 N–H and O–H groups in total. The van der Waals surface area contributed by atoms with Crippen molar-refractivity contribution in [3.05, 3.63) is 35.4 Å². The molecule has 1 rings (SSSR count). The van der Waals surface area contributed by atoms with Crippen LogP contribution >= 0.6 is 24.0 Å². The van der Waals surface area contributed by atoms with Crippen molar-refractivity contribution in [3.8, 4) is 0 Å². The van der Waals surface area contributed by atoms with E-state index in [4.69, 9.17) is 0 Å². The van der Waals surface area contributed by atoms with Gasteiger partial charge in [-0.1, -0.05) is 0 Å². The van der Waals surface area contributed by atoms with E-state index in [1.54, 1.807) is 0 Å². The van der Waals surface area contributed by atoms with E-state index in [0.29, 0.717) is 25.5 Å². The average molecular weight is 454 g/mol. The molecular formula is C16H25F2IN4O. The quantitative estimate of drug-likeness (QED) is 0.337. The Morgan fingerprint density at radius 3 is 2.58 bits per heavy atom. The van der Waals surface area contributed by atoms with Gasteiger partial charge in [0.15, 0.2) is 5.96 Å². The summed E-state index contributed by atoms with van der Waals surface area (Å²) in [4.78, 5) is 15.8. The van der Waals surface area contributed by atoms with E-state index < -0.39 is 11.6 Å². The molecule has 0 saturated carbocycles. The van der Waals surface area contributed by atoms with Crippen molar-refractivity contribution in [3.63, 3.8) is 0 Å². The highest BCUT2D eigenvalue weighted by Crippen LogP contribution is 2.10. The Hall–Kier alpha value is -1.45. The summed E-state index contributed by atoms with van der Waals surface area (Å²) in [5.74, 6) is -0.602. The fourth-order valence-corrected chi connectivity index (χ4v) is 1.86. The lowest BCUT2D eigenvalue weighted by molar-refractivity contribution is -0.121. The predicted octanol–water partition coefficient (Wildman–Crippen LogP) is 2.55. The first-order valence-electron chi connectivity index (χ1n) is 7.67. The molecule has 0 heterocycles. The standard InChI is InChI=1S/C16H24F2N4O.HI/c1-4-19-16(20-8-7-15(23)22-11(2)3)21-10-12-9-13(17)5-6-14(12)18;/h5-6,9,11H,4,7-8,10H2,1-3H3,(H,22,23)(H2,19,20,21);1H. The van der Waals surface area contributed by atoms with Crippen molar-refractivity contribution < 1.29 is 13.6 Å². The molecule has 0 aliphatic rings. The van der Waals surface area contributed by atoms with Crippen molar-refractivity contribution in [2.24, 2.45) is 4.99 Å². The molecule has 8 heteroatoms. The first-order chi connectivity index (χ1) is 10.9. The minimum Gasteiger partial charge on any atom is -0.357 e. The maximum absolute atomic E-state index is 13.6. The number of hydrogen-bond donors (Lipinski definition) is 3. The Kier molecular flexibility index (Phi) is 11.3. The number of halogens is 3. The molecule has 0 saturated heterocycles. The Labute approximate surface area is 158 Å². The molecule has 136 valence electrons. The molecule has 24 heavy (non-hydrogen) atoms. The third-order valence-electron chi connectivity index (χ3n) is 2.85. The normalized spacial score (nSPS) is 11.0. The Morgan fingerprint density at radius 2 is 1.96 bits per heavy atom. The van der Waals surface area contributed by atoms with Crippen molar-refractivity contribution in [2.45, 2.75) is 39.8 Å². The average Bonchev–Trinajstić information content (AvgIpc) is 2.47. The monoisotopic (exact) mass is 454 g/mol. The van der Waals surface area contributed by atoms with Gasteiger partial charge in [0.05, 0.1) is 6.54 Å². The van der Waals surface area contributed by atoms with Crippen LogP contribution in [0.15, 0.2) is 23.2 Å². The second-order valence-corrected chi connectivity index (χ2v) is 5.33. The van der Waals surface area contributed by atoms with Gasteiger partial charge < -0.3 is 16.0 Å². The lowest BCUT2D eigenvalue weighted by Crippen LogP contribution is -2.40. The van der Waals surface area contributed by atoms with Crippen molar-refractivity contribution in [1.29, 1.82) is 0 Å². The van der Waals surface area contributed by atoms with Gasteiger partial charge in [-0.3, -0.25) is 4.79 Å². The summed E-state index contributed by atoms with van der Waals surface area (Å²) in [7, 11) is 0. The van der Waals surface area contributed by atoms with Crippen LogP contribution in [0.4, 0.5) is 8.78 Å². The second kappa shape index (κ2) is 12.0. The number of benzene rings is 1. The number of rotatable bonds is 7. The van der Waals surface area contributed by atoms with E-state index in [1.165, 1.54) is 0 Å². The summed E-state index contributed by atoms with van der Waals surface area (Å²) in [5, 5.41) is 8.77. The molecule has 0 unspecified atom stereocenters. The largest absolute Gasteiger partial charge is 0.357 e. The number of hydrogen-bond acceptors (Lipinski definition) is 2. The van der Waals surface area contributed by atoms with Gasteiger partial charge in [-0.05, 0) is 39.0 Å². The molecule has 0 aromatic heterocycles. The zero-order valence-electron chi connectivity index (χ0n) is 14.2. The Balaban J connectivity index is 0.00000529. The minimum atomic E-state index is -0.500. The van der Waals surface area contributed by atoms with Crippen LogP contribution in [0.1, 0.15) is 32.8 Å². The summed E-state index contributed by atoms with van der Waals surface area (Å²) in [6.07, 6.45) is 0.303. The van der Waals surface area contributed by atoms with Crippen molar-refractivity contribution in [1.82, 2.24) is 16.0 Å². The predicted molar refractivity (Wildman–Crippen MR) is 102 cm³/mol. The SMILES string of the molecule is CCNC(=NCc1cc(F)ccc1F)NCCC(=O)NC(C)C.I. The lowest BCUT2D eigenvalue weighted by atomic mass is 10.2. The van der Waals surface area contributed by atoms with Crippen LogP contribution in [-0.4, -0.2) is 31.0 Å². The highest BCUT2D eigenvalue weighted by molar-refractivity contribution is 14.0. The molecular weight excluding hydrogens is 429 g/mol. The maximum Gasteiger partial charge on any atom is 0.221 e. The zero-order chi connectivity index (χ0) is 17.2. The van der Waals surface area contributed by atoms with Gasteiger partial charge in [0.1, 0.15) is 11.6 Å². The highest BCUT2D eigenvalue weighted by atomic mass is 127. The van der Waals surface area contributed by atoms with Crippen LogP contribution in [0.5, 0.6) is 0 Å². The number of carbonyl (C=O) groups excluding carboxylic acids is 1. The van der Waals surface area contributed by atoms with Crippen LogP contribution < -0.4 is 16.0 Å². The third-order valence-corrected chi connectivity index (χ3v) is 2.85. The van der Waals surface area contributed by atoms with Crippen LogP contribution in [0.3, 0.4) is 0 Å². The van der Waals surface area contributed by atoms with Gasteiger partial charge >= 0.3 is 0 Å². The van der Waals surface area contributed by atoms with E-state index in [1.807, 2.05) is 20.8 Å². The Morgan fingerprint density at radius 1 is 1.25 bits per heavy atom. The summed E-state index contributed by atoms with van der Waals surface area (Å²) in [5.41, 5.74) is 0.180. The molecule has 5 nitrogen and oxygen atoms in total. The van der Waals surface area contributed by atoms with E-state index in [2.05, 4.69) is 20.9 Å². The minimum absolute atomic E-state index is 0. The van der Waals surface area contributed by atoms with Gasteiger partial charge in [0.2, 0.25) is 5.91 Å². The van der Waals surface area contributed by atoms with E-state index >= 15 is 0 Å². The van der Waals surface area contributed by atoms with E-state index in [-0.39, 0.29) is 48.0 Å². The molecule has 0 bridgehead atoms. The van der Waals surface area contributed by atoms with Gasteiger partial charge in [-0.25, -0.2) is 13.8 Å². The topological polar surface area (TPSA) is 65.5 Å². The number of nitrogens with zero attached hydrogens (tertiary/aromatic N) is 1. The van der Waals surface area contributed by atoms with Gasteiger partial charge in [-0.15, -0.1) is 24.0 Å². The molecule has 1 aromatic rings. The van der Waals surface area contributed by atoms with Crippen molar-refractivity contribution in [2.75, 3.05) is 13.1 Å².